The Labute approximate surface area is 193 Å². The standard InChI is InChI=1S/C24H29ClN2O5/c1-6-26(2)23(28)18-14-27(24(29)16-9-7-8-10-19(16)25)13-17(18)15-11-20(30-3)22(32-5)21(12-15)31-4/h7-12,17-18H,6,13-14H2,1-5H3/t17-,18+/m1/s1. The first kappa shape index (κ1) is 23.7. The number of nitrogens with zero attached hydrogens (tertiary/aromatic N) is 2. The van der Waals surface area contributed by atoms with Crippen LogP contribution < -0.4 is 14.2 Å². The highest BCUT2D eigenvalue weighted by Gasteiger charge is 2.42. The quantitative estimate of drug-likeness (QED) is 0.630. The summed E-state index contributed by atoms with van der Waals surface area (Å²) in [4.78, 5) is 29.9. The predicted molar refractivity (Wildman–Crippen MR) is 123 cm³/mol. The van der Waals surface area contributed by atoms with Gasteiger partial charge in [-0.3, -0.25) is 9.59 Å². The zero-order valence-corrected chi connectivity index (χ0v) is 19.8. The largest absolute Gasteiger partial charge is 0.493 e. The Balaban J connectivity index is 2.03. The summed E-state index contributed by atoms with van der Waals surface area (Å²) >= 11 is 6.27. The average molecular weight is 461 g/mol. The second-order valence-corrected chi connectivity index (χ2v) is 8.12. The van der Waals surface area contributed by atoms with Crippen LogP contribution in [0.5, 0.6) is 17.2 Å². The molecule has 2 atom stereocenters. The minimum Gasteiger partial charge on any atom is -0.493 e. The molecule has 1 heterocycles. The van der Waals surface area contributed by atoms with Crippen molar-refractivity contribution in [2.45, 2.75) is 12.8 Å². The van der Waals surface area contributed by atoms with Crippen molar-refractivity contribution in [2.24, 2.45) is 5.92 Å². The van der Waals surface area contributed by atoms with E-state index in [9.17, 15) is 9.59 Å². The van der Waals surface area contributed by atoms with Gasteiger partial charge < -0.3 is 24.0 Å². The lowest BCUT2D eigenvalue weighted by Crippen LogP contribution is -2.37. The Hall–Kier alpha value is -2.93. The third kappa shape index (κ3) is 4.48. The summed E-state index contributed by atoms with van der Waals surface area (Å²) in [7, 11) is 6.42. The van der Waals surface area contributed by atoms with E-state index in [4.69, 9.17) is 25.8 Å². The van der Waals surface area contributed by atoms with Crippen LogP contribution in [0.25, 0.3) is 0 Å². The van der Waals surface area contributed by atoms with Crippen LogP contribution in [0.4, 0.5) is 0 Å². The fraction of sp³-hybridized carbons (Fsp3) is 0.417. The molecule has 0 bridgehead atoms. The smallest absolute Gasteiger partial charge is 0.255 e. The monoisotopic (exact) mass is 460 g/mol. The molecule has 1 saturated heterocycles. The van der Waals surface area contributed by atoms with E-state index >= 15 is 0 Å². The lowest BCUT2D eigenvalue weighted by Gasteiger charge is -2.24. The number of hydrogen-bond acceptors (Lipinski definition) is 5. The van der Waals surface area contributed by atoms with Crippen LogP contribution in [0.15, 0.2) is 36.4 Å². The number of carbonyl (C=O) groups excluding carboxylic acids is 2. The molecule has 0 saturated carbocycles. The van der Waals surface area contributed by atoms with Crippen molar-refractivity contribution in [3.05, 3.63) is 52.5 Å². The van der Waals surface area contributed by atoms with Crippen molar-refractivity contribution in [2.75, 3.05) is 48.0 Å². The lowest BCUT2D eigenvalue weighted by molar-refractivity contribution is -0.133. The van der Waals surface area contributed by atoms with Gasteiger partial charge in [0.05, 0.1) is 37.8 Å². The van der Waals surface area contributed by atoms with Gasteiger partial charge in [0.1, 0.15) is 0 Å². The molecule has 0 aromatic heterocycles. The van der Waals surface area contributed by atoms with Gasteiger partial charge in [-0.15, -0.1) is 0 Å². The second kappa shape index (κ2) is 10.1. The number of halogens is 1. The molecule has 2 amide bonds. The highest BCUT2D eigenvalue weighted by molar-refractivity contribution is 6.33. The molecular weight excluding hydrogens is 432 g/mol. The molecule has 2 aromatic rings. The van der Waals surface area contributed by atoms with Gasteiger partial charge in [-0.25, -0.2) is 0 Å². The Morgan fingerprint density at radius 1 is 1.06 bits per heavy atom. The van der Waals surface area contributed by atoms with Crippen LogP contribution in [-0.2, 0) is 4.79 Å². The van der Waals surface area contributed by atoms with Crippen LogP contribution in [0, 0.1) is 5.92 Å². The molecule has 7 nitrogen and oxygen atoms in total. The van der Waals surface area contributed by atoms with Crippen LogP contribution in [0.3, 0.4) is 0 Å². The first-order valence-corrected chi connectivity index (χ1v) is 10.8. The summed E-state index contributed by atoms with van der Waals surface area (Å²) in [5, 5.41) is 0.391. The van der Waals surface area contributed by atoms with E-state index in [2.05, 4.69) is 0 Å². The molecule has 0 spiro atoms. The van der Waals surface area contributed by atoms with Gasteiger partial charge >= 0.3 is 0 Å². The lowest BCUT2D eigenvalue weighted by atomic mass is 9.87. The molecule has 8 heteroatoms. The van der Waals surface area contributed by atoms with Gasteiger partial charge in [0.25, 0.3) is 5.91 Å². The van der Waals surface area contributed by atoms with Gasteiger partial charge in [0.15, 0.2) is 11.5 Å². The van der Waals surface area contributed by atoms with Crippen molar-refractivity contribution < 1.29 is 23.8 Å². The Bertz CT molecular complexity index is 971. The molecular formula is C24H29ClN2O5. The minimum absolute atomic E-state index is 0.0132. The van der Waals surface area contributed by atoms with Gasteiger partial charge in [-0.1, -0.05) is 23.7 Å². The minimum atomic E-state index is -0.408. The summed E-state index contributed by atoms with van der Waals surface area (Å²) in [6.45, 7) is 3.18. The van der Waals surface area contributed by atoms with Crippen LogP contribution in [-0.4, -0.2) is 69.6 Å². The van der Waals surface area contributed by atoms with E-state index in [1.54, 1.807) is 62.4 Å². The molecule has 172 valence electrons. The molecule has 2 aromatic carbocycles. The third-order valence-electron chi connectivity index (χ3n) is 5.99. The fourth-order valence-corrected chi connectivity index (χ4v) is 4.33. The number of likely N-dealkylation sites (tertiary alicyclic amines) is 1. The maximum atomic E-state index is 13.2. The first-order chi connectivity index (χ1) is 15.4. The van der Waals surface area contributed by atoms with E-state index in [1.807, 2.05) is 19.1 Å². The van der Waals surface area contributed by atoms with E-state index in [1.165, 1.54) is 0 Å². The zero-order chi connectivity index (χ0) is 23.4. The Morgan fingerprint density at radius 2 is 1.69 bits per heavy atom. The highest BCUT2D eigenvalue weighted by atomic mass is 35.5. The number of carbonyl (C=O) groups is 2. The van der Waals surface area contributed by atoms with Gasteiger partial charge in [0, 0.05) is 32.6 Å². The SMILES string of the molecule is CCN(C)C(=O)[C@H]1CN(C(=O)c2ccccc2Cl)C[C@@H]1c1cc(OC)c(OC)c(OC)c1. The van der Waals surface area contributed by atoms with Crippen molar-refractivity contribution in [3.8, 4) is 17.2 Å². The maximum absolute atomic E-state index is 13.2. The average Bonchev–Trinajstić information content (AvgIpc) is 3.27. The van der Waals surface area contributed by atoms with E-state index < -0.39 is 5.92 Å². The third-order valence-corrected chi connectivity index (χ3v) is 6.32. The van der Waals surface area contributed by atoms with Crippen molar-refractivity contribution in [1.29, 1.82) is 0 Å². The van der Waals surface area contributed by atoms with Crippen LogP contribution in [0.1, 0.15) is 28.8 Å². The fourth-order valence-electron chi connectivity index (χ4n) is 4.12. The van der Waals surface area contributed by atoms with Crippen LogP contribution >= 0.6 is 11.6 Å². The Morgan fingerprint density at radius 3 is 2.22 bits per heavy atom. The molecule has 1 fully saturated rings. The normalized spacial score (nSPS) is 17.8. The van der Waals surface area contributed by atoms with Gasteiger partial charge in [0.2, 0.25) is 11.7 Å². The zero-order valence-electron chi connectivity index (χ0n) is 19.1. The number of benzene rings is 2. The maximum Gasteiger partial charge on any atom is 0.255 e. The predicted octanol–water partition coefficient (Wildman–Crippen LogP) is 3.70. The van der Waals surface area contributed by atoms with Crippen molar-refractivity contribution in [3.63, 3.8) is 0 Å². The Kier molecular flexibility index (Phi) is 7.51. The topological polar surface area (TPSA) is 68.3 Å². The second-order valence-electron chi connectivity index (χ2n) is 7.71. The summed E-state index contributed by atoms with van der Waals surface area (Å²) in [6, 6.07) is 10.6. The van der Waals surface area contributed by atoms with Gasteiger partial charge in [-0.05, 0) is 36.8 Å². The van der Waals surface area contributed by atoms with Crippen molar-refractivity contribution in [1.82, 2.24) is 9.80 Å². The molecule has 1 aliphatic heterocycles. The number of rotatable bonds is 7. The number of hydrogen-bond donors (Lipinski definition) is 0. The number of ether oxygens (including phenoxy) is 3. The summed E-state index contributed by atoms with van der Waals surface area (Å²) in [5.74, 6) is 0.642. The molecule has 1 aliphatic rings. The molecule has 0 radical (unpaired) electrons. The molecule has 0 unspecified atom stereocenters. The van der Waals surface area contributed by atoms with Crippen molar-refractivity contribution >= 4 is 23.4 Å². The molecule has 3 rings (SSSR count). The summed E-state index contributed by atoms with van der Waals surface area (Å²) in [6.07, 6.45) is 0. The van der Waals surface area contributed by atoms with E-state index in [0.717, 1.165) is 5.56 Å². The van der Waals surface area contributed by atoms with Crippen LogP contribution in [0.2, 0.25) is 5.02 Å². The first-order valence-electron chi connectivity index (χ1n) is 10.4. The summed E-state index contributed by atoms with van der Waals surface area (Å²) in [5.41, 5.74) is 1.27. The number of amides is 2. The summed E-state index contributed by atoms with van der Waals surface area (Å²) < 4.78 is 16.4. The van der Waals surface area contributed by atoms with E-state index in [0.29, 0.717) is 47.5 Å². The molecule has 0 N–H and O–H groups in total. The number of methoxy groups -OCH3 is 3. The molecule has 0 aliphatic carbocycles. The highest BCUT2D eigenvalue weighted by Crippen LogP contribution is 2.43. The molecule has 32 heavy (non-hydrogen) atoms. The van der Waals surface area contributed by atoms with Gasteiger partial charge in [-0.2, -0.15) is 0 Å². The van der Waals surface area contributed by atoms with E-state index in [-0.39, 0.29) is 17.7 Å².